The van der Waals surface area contributed by atoms with Crippen LogP contribution >= 0.6 is 9.24 Å². The van der Waals surface area contributed by atoms with Crippen molar-refractivity contribution in [2.75, 3.05) is 0 Å². The largest absolute Gasteiger partial charge is 0.207 e. The Morgan fingerprint density at radius 1 is 1.22 bits per heavy atom. The SMILES string of the molecule is Fc1ccc(F)c(P)c1. The van der Waals surface area contributed by atoms with Gasteiger partial charge in [-0.25, -0.2) is 8.78 Å². The molecular formula is C6H5F2P. The molecule has 0 saturated carbocycles. The molecule has 9 heavy (non-hydrogen) atoms. The van der Waals surface area contributed by atoms with Gasteiger partial charge in [0.05, 0.1) is 0 Å². The summed E-state index contributed by atoms with van der Waals surface area (Å²) in [4.78, 5) is 0. The zero-order chi connectivity index (χ0) is 6.85. The Balaban J connectivity index is 3.17. The molecule has 0 aliphatic carbocycles. The van der Waals surface area contributed by atoms with Gasteiger partial charge >= 0.3 is 0 Å². The van der Waals surface area contributed by atoms with Crippen LogP contribution in [-0.2, 0) is 0 Å². The van der Waals surface area contributed by atoms with Crippen LogP contribution in [0.3, 0.4) is 0 Å². The number of hydrogen-bond donors (Lipinski definition) is 0. The van der Waals surface area contributed by atoms with Crippen LogP contribution < -0.4 is 5.30 Å². The molecule has 0 fully saturated rings. The van der Waals surface area contributed by atoms with E-state index in [1.165, 1.54) is 0 Å². The molecule has 0 aliphatic rings. The van der Waals surface area contributed by atoms with Gasteiger partial charge in [-0.3, -0.25) is 0 Å². The monoisotopic (exact) mass is 146 g/mol. The van der Waals surface area contributed by atoms with E-state index in [-0.39, 0.29) is 5.30 Å². The molecule has 0 radical (unpaired) electrons. The summed E-state index contributed by atoms with van der Waals surface area (Å²) < 4.78 is 24.5. The maximum absolute atomic E-state index is 12.3. The quantitative estimate of drug-likeness (QED) is 0.486. The minimum absolute atomic E-state index is 0.259. The normalized spacial score (nSPS) is 9.67. The third-order valence-corrected chi connectivity index (χ3v) is 1.40. The second kappa shape index (κ2) is 2.40. The van der Waals surface area contributed by atoms with Crippen molar-refractivity contribution in [2.24, 2.45) is 0 Å². The van der Waals surface area contributed by atoms with Gasteiger partial charge in [0.1, 0.15) is 11.6 Å². The van der Waals surface area contributed by atoms with E-state index in [1.807, 2.05) is 0 Å². The Morgan fingerprint density at radius 2 is 1.89 bits per heavy atom. The molecule has 0 N–H and O–H groups in total. The van der Waals surface area contributed by atoms with Crippen LogP contribution in [0.5, 0.6) is 0 Å². The van der Waals surface area contributed by atoms with Crippen LogP contribution in [-0.4, -0.2) is 0 Å². The highest BCUT2D eigenvalue weighted by Gasteiger charge is 1.95. The Hall–Kier alpha value is -0.490. The number of rotatable bonds is 0. The lowest BCUT2D eigenvalue weighted by molar-refractivity contribution is 0.607. The minimum Gasteiger partial charge on any atom is -0.207 e. The van der Waals surface area contributed by atoms with E-state index in [1.54, 1.807) is 0 Å². The Morgan fingerprint density at radius 3 is 2.33 bits per heavy atom. The second-order valence-corrected chi connectivity index (χ2v) is 2.29. The molecule has 48 valence electrons. The van der Waals surface area contributed by atoms with E-state index in [9.17, 15) is 8.78 Å². The summed E-state index contributed by atoms with van der Waals surface area (Å²) >= 11 is 0. The first-order valence-corrected chi connectivity index (χ1v) is 2.98. The average Bonchev–Trinajstić information content (AvgIpc) is 1.80. The third kappa shape index (κ3) is 1.46. The van der Waals surface area contributed by atoms with Gasteiger partial charge in [0.2, 0.25) is 0 Å². The first-order chi connectivity index (χ1) is 4.20. The second-order valence-electron chi connectivity index (χ2n) is 1.67. The number of hydrogen-bond acceptors (Lipinski definition) is 0. The molecule has 0 bridgehead atoms. The Bertz CT molecular complexity index is 222. The highest BCUT2D eigenvalue weighted by molar-refractivity contribution is 7.27. The zero-order valence-corrected chi connectivity index (χ0v) is 5.72. The van der Waals surface area contributed by atoms with Crippen LogP contribution in [0.4, 0.5) is 8.78 Å². The predicted octanol–water partition coefficient (Wildman–Crippen LogP) is 1.47. The summed E-state index contributed by atoms with van der Waals surface area (Å²) in [5.41, 5.74) is 0. The van der Waals surface area contributed by atoms with Crippen molar-refractivity contribution in [3.05, 3.63) is 29.8 Å². The maximum Gasteiger partial charge on any atom is 0.130 e. The molecule has 0 aromatic heterocycles. The van der Waals surface area contributed by atoms with Crippen LogP contribution in [0.15, 0.2) is 18.2 Å². The molecule has 0 saturated heterocycles. The smallest absolute Gasteiger partial charge is 0.130 e. The van der Waals surface area contributed by atoms with Crippen molar-refractivity contribution in [2.45, 2.75) is 0 Å². The summed E-state index contributed by atoms with van der Waals surface area (Å²) in [6, 6.07) is 3.31. The number of halogens is 2. The Labute approximate surface area is 54.1 Å². The molecular weight excluding hydrogens is 141 g/mol. The van der Waals surface area contributed by atoms with Crippen molar-refractivity contribution in [3.8, 4) is 0 Å². The van der Waals surface area contributed by atoms with Crippen LogP contribution in [0.25, 0.3) is 0 Å². The summed E-state index contributed by atoms with van der Waals surface area (Å²) in [5, 5.41) is 0.259. The zero-order valence-electron chi connectivity index (χ0n) is 4.57. The molecule has 0 amide bonds. The van der Waals surface area contributed by atoms with Crippen LogP contribution in [0.1, 0.15) is 0 Å². The van der Waals surface area contributed by atoms with E-state index in [2.05, 4.69) is 9.24 Å². The molecule has 0 heterocycles. The first-order valence-electron chi connectivity index (χ1n) is 2.40. The predicted molar refractivity (Wildman–Crippen MR) is 35.7 cm³/mol. The molecule has 1 atom stereocenters. The van der Waals surface area contributed by atoms with E-state index < -0.39 is 11.6 Å². The van der Waals surface area contributed by atoms with Crippen molar-refractivity contribution in [1.82, 2.24) is 0 Å². The van der Waals surface area contributed by atoms with E-state index >= 15 is 0 Å². The molecule has 0 nitrogen and oxygen atoms in total. The minimum atomic E-state index is -0.415. The van der Waals surface area contributed by atoms with Gasteiger partial charge in [-0.2, -0.15) is 0 Å². The molecule has 0 aliphatic heterocycles. The molecule has 1 unspecified atom stereocenters. The van der Waals surface area contributed by atoms with Crippen LogP contribution in [0.2, 0.25) is 0 Å². The summed E-state index contributed by atoms with van der Waals surface area (Å²) in [6.07, 6.45) is 0. The fourth-order valence-electron chi connectivity index (χ4n) is 0.515. The van der Waals surface area contributed by atoms with E-state index in [0.717, 1.165) is 18.2 Å². The fourth-order valence-corrected chi connectivity index (χ4v) is 0.770. The molecule has 1 aromatic carbocycles. The van der Waals surface area contributed by atoms with Crippen molar-refractivity contribution in [3.63, 3.8) is 0 Å². The average molecular weight is 146 g/mol. The lowest BCUT2D eigenvalue weighted by Crippen LogP contribution is -1.97. The van der Waals surface area contributed by atoms with E-state index in [0.29, 0.717) is 0 Å². The van der Waals surface area contributed by atoms with Gasteiger partial charge in [0.25, 0.3) is 0 Å². The van der Waals surface area contributed by atoms with Gasteiger partial charge in [0.15, 0.2) is 0 Å². The molecule has 1 rings (SSSR count). The Kier molecular flexibility index (Phi) is 1.77. The summed E-state index contributed by atoms with van der Waals surface area (Å²) in [7, 11) is 2.11. The van der Waals surface area contributed by atoms with Gasteiger partial charge in [-0.15, -0.1) is 9.24 Å². The van der Waals surface area contributed by atoms with Gasteiger partial charge < -0.3 is 0 Å². The maximum atomic E-state index is 12.3. The van der Waals surface area contributed by atoms with Crippen molar-refractivity contribution in [1.29, 1.82) is 0 Å². The van der Waals surface area contributed by atoms with E-state index in [4.69, 9.17) is 0 Å². The molecule has 3 heteroatoms. The molecule has 1 aromatic rings. The van der Waals surface area contributed by atoms with Gasteiger partial charge in [0, 0.05) is 5.30 Å². The number of benzene rings is 1. The van der Waals surface area contributed by atoms with Crippen molar-refractivity contribution < 1.29 is 8.78 Å². The topological polar surface area (TPSA) is 0 Å². The van der Waals surface area contributed by atoms with Crippen molar-refractivity contribution >= 4 is 14.5 Å². The van der Waals surface area contributed by atoms with Gasteiger partial charge in [-0.05, 0) is 18.2 Å². The van der Waals surface area contributed by atoms with Crippen LogP contribution in [0, 0.1) is 11.6 Å². The lowest BCUT2D eigenvalue weighted by atomic mass is 10.3. The lowest BCUT2D eigenvalue weighted by Gasteiger charge is -1.92. The standard InChI is InChI=1S/C6H5F2P/c7-4-1-2-5(8)6(9)3-4/h1-3H,9H2. The summed E-state index contributed by atoms with van der Waals surface area (Å²) in [6.45, 7) is 0. The highest BCUT2D eigenvalue weighted by Crippen LogP contribution is 2.00. The highest BCUT2D eigenvalue weighted by atomic mass is 31.0. The first kappa shape index (κ1) is 6.63. The fraction of sp³-hybridized carbons (Fsp3) is 0. The van der Waals surface area contributed by atoms with Gasteiger partial charge in [-0.1, -0.05) is 0 Å². The summed E-state index contributed by atoms with van der Waals surface area (Å²) in [5.74, 6) is -0.817. The third-order valence-electron chi connectivity index (χ3n) is 0.958. The molecule has 0 spiro atoms.